The molecule has 0 aliphatic rings. The number of rotatable bonds is 19. The molecular formula is C24H43KO3S. The average Bonchev–Trinajstić information content (AvgIpc) is 2.68. The first-order valence-electron chi connectivity index (χ1n) is 11.6. The number of benzene rings is 1. The molecule has 0 aliphatic heterocycles. The molecule has 0 heterocycles. The average molecular weight is 451 g/mol. The van der Waals surface area contributed by atoms with Crippen LogP contribution in [-0.4, -0.2) is 14.2 Å². The van der Waals surface area contributed by atoms with Crippen molar-refractivity contribution in [3.63, 3.8) is 0 Å². The van der Waals surface area contributed by atoms with Crippen molar-refractivity contribution in [2.24, 2.45) is 0 Å². The zero-order valence-electron chi connectivity index (χ0n) is 20.0. The molecule has 0 N–H and O–H groups in total. The van der Waals surface area contributed by atoms with E-state index in [1.54, 1.807) is 24.3 Å². The van der Waals surface area contributed by atoms with Gasteiger partial charge in [-0.15, -0.1) is 0 Å². The van der Waals surface area contributed by atoms with Crippen LogP contribution in [0.3, 0.4) is 0 Å². The fraction of sp³-hybridized carbons (Fsp3) is 0.750. The van der Waals surface area contributed by atoms with Gasteiger partial charge in [-0.05, 0) is 18.6 Å². The van der Waals surface area contributed by atoms with Crippen molar-refractivity contribution >= 4 is 10.1 Å². The van der Waals surface area contributed by atoms with Gasteiger partial charge in [0.25, 0.3) is 0 Å². The van der Waals surface area contributed by atoms with Crippen LogP contribution in [-0.2, 0) is 10.1 Å². The first kappa shape index (κ1) is 29.6. The van der Waals surface area contributed by atoms with Crippen molar-refractivity contribution < 1.29 is 65.4 Å². The molecule has 1 aromatic rings. The Balaban J connectivity index is 0. The van der Waals surface area contributed by atoms with Crippen molar-refractivity contribution in [3.05, 3.63) is 30.3 Å². The molecule has 0 aromatic heterocycles. The van der Waals surface area contributed by atoms with Gasteiger partial charge in [-0.1, -0.05) is 121 Å². The predicted molar refractivity (Wildman–Crippen MR) is 122 cm³/mol. The predicted octanol–water partition coefficient (Wildman–Crippen LogP) is 4.77. The summed E-state index contributed by atoms with van der Waals surface area (Å²) in [7, 11) is -3.45. The van der Waals surface area contributed by atoms with Gasteiger partial charge < -0.3 is 5.61 Å². The van der Waals surface area contributed by atoms with Gasteiger partial charge in [0.05, 0.1) is 5.75 Å². The maximum atomic E-state index is 11.9. The molecule has 0 aliphatic carbocycles. The molecule has 0 radical (unpaired) electrons. The maximum absolute atomic E-state index is 11.9. The second kappa shape index (κ2) is 20.5. The zero-order valence-corrected chi connectivity index (χ0v) is 23.0. The van der Waals surface area contributed by atoms with Crippen LogP contribution < -0.4 is 55.6 Å². The fourth-order valence-electron chi connectivity index (χ4n) is 3.49. The van der Waals surface area contributed by atoms with E-state index >= 15 is 0 Å². The number of hydrogen-bond acceptors (Lipinski definition) is 3. The summed E-state index contributed by atoms with van der Waals surface area (Å²) in [6.07, 6.45) is 20.6. The molecule has 0 fully saturated rings. The summed E-state index contributed by atoms with van der Waals surface area (Å²) in [5.74, 6) is 0.513. The maximum Gasteiger partial charge on any atom is 1.00 e. The van der Waals surface area contributed by atoms with E-state index in [0.29, 0.717) is 12.2 Å². The van der Waals surface area contributed by atoms with Crippen LogP contribution in [0, 0.1) is 0 Å². The summed E-state index contributed by atoms with van der Waals surface area (Å²) in [5, 5.41) is 0. The molecule has 0 saturated heterocycles. The molecule has 29 heavy (non-hydrogen) atoms. The van der Waals surface area contributed by atoms with E-state index in [0.717, 1.165) is 12.8 Å². The Bertz CT molecular complexity index is 567. The molecule has 1 rings (SSSR count). The van der Waals surface area contributed by atoms with Gasteiger partial charge in [0, 0.05) is 0 Å². The summed E-state index contributed by atoms with van der Waals surface area (Å²) in [6, 6.07) is 8.74. The van der Waals surface area contributed by atoms with Crippen molar-refractivity contribution in [2.45, 2.75) is 110 Å². The molecule has 0 saturated carbocycles. The van der Waals surface area contributed by atoms with Gasteiger partial charge in [0.2, 0.25) is 0 Å². The molecule has 1 aromatic carbocycles. The third-order valence-electron chi connectivity index (χ3n) is 5.21. The molecule has 164 valence electrons. The summed E-state index contributed by atoms with van der Waals surface area (Å²) >= 11 is 0. The minimum atomic E-state index is -3.45. The Morgan fingerprint density at radius 2 is 1.03 bits per heavy atom. The van der Waals surface area contributed by atoms with E-state index in [1.807, 2.05) is 6.07 Å². The molecule has 0 unspecified atom stereocenters. The van der Waals surface area contributed by atoms with Crippen LogP contribution >= 0.6 is 0 Å². The van der Waals surface area contributed by atoms with E-state index in [9.17, 15) is 8.42 Å². The summed E-state index contributed by atoms with van der Waals surface area (Å²) in [5.41, 5.74) is 0. The first-order valence-corrected chi connectivity index (χ1v) is 13.2. The topological polar surface area (TPSA) is 43.4 Å². The van der Waals surface area contributed by atoms with Crippen LogP contribution in [0.25, 0.3) is 0 Å². The van der Waals surface area contributed by atoms with E-state index in [2.05, 4.69) is 6.92 Å². The van der Waals surface area contributed by atoms with Crippen LogP contribution in [0.1, 0.15) is 111 Å². The molecule has 5 heteroatoms. The van der Waals surface area contributed by atoms with Crippen LogP contribution in [0.4, 0.5) is 0 Å². The molecule has 3 nitrogen and oxygen atoms in total. The monoisotopic (exact) mass is 450 g/mol. The molecule has 0 atom stereocenters. The third-order valence-corrected chi connectivity index (χ3v) is 6.45. The quantitative estimate of drug-likeness (QED) is 0.173. The Labute approximate surface area is 224 Å². The Hall–Kier alpha value is 0.606. The third kappa shape index (κ3) is 19.0. The second-order valence-corrected chi connectivity index (χ2v) is 9.65. The van der Waals surface area contributed by atoms with Crippen LogP contribution in [0.5, 0.6) is 5.75 Å². The van der Waals surface area contributed by atoms with Gasteiger partial charge in [-0.25, -0.2) is 0 Å². The number of para-hydroxylation sites is 1. The van der Waals surface area contributed by atoms with Crippen LogP contribution in [0.2, 0.25) is 0 Å². The molecule has 0 spiro atoms. The summed E-state index contributed by atoms with van der Waals surface area (Å²) in [6.45, 7) is 2.27. The molecular weight excluding hydrogens is 407 g/mol. The van der Waals surface area contributed by atoms with E-state index < -0.39 is 10.1 Å². The standard InChI is InChI=1S/C24H42O3S.K.H/c1-2-3-4-5-6-7-8-9-10-11-12-13-14-15-16-20-23-28(25,26)27-24-21-18-17-19-22-24;;/h17-19,21-22H,2-16,20,23H2,1H3;;/q;+1;-1. The second-order valence-electron chi connectivity index (χ2n) is 7.96. The van der Waals surface area contributed by atoms with Gasteiger partial charge >= 0.3 is 61.5 Å². The molecule has 0 amide bonds. The van der Waals surface area contributed by atoms with Gasteiger partial charge in [-0.3, -0.25) is 0 Å². The van der Waals surface area contributed by atoms with Gasteiger partial charge in [0.15, 0.2) is 0 Å². The Morgan fingerprint density at radius 1 is 0.655 bits per heavy atom. The Kier molecular flexibility index (Phi) is 20.9. The smallest absolute Gasteiger partial charge is 1.00 e. The van der Waals surface area contributed by atoms with E-state index in [4.69, 9.17) is 4.18 Å². The summed E-state index contributed by atoms with van der Waals surface area (Å²) < 4.78 is 28.9. The minimum Gasteiger partial charge on any atom is -1.00 e. The van der Waals surface area contributed by atoms with Crippen molar-refractivity contribution in [2.75, 3.05) is 5.75 Å². The number of unbranched alkanes of at least 4 members (excludes halogenated alkanes) is 15. The van der Waals surface area contributed by atoms with Crippen molar-refractivity contribution in [3.8, 4) is 5.75 Å². The Morgan fingerprint density at radius 3 is 1.45 bits per heavy atom. The fourth-order valence-corrected chi connectivity index (χ4v) is 4.54. The van der Waals surface area contributed by atoms with Crippen LogP contribution in [0.15, 0.2) is 30.3 Å². The van der Waals surface area contributed by atoms with Crippen molar-refractivity contribution in [1.82, 2.24) is 0 Å². The first-order chi connectivity index (χ1) is 13.6. The largest absolute Gasteiger partial charge is 1.00 e. The SMILES string of the molecule is CCCCCCCCCCCCCCCCCCS(=O)(=O)Oc1ccccc1.[H-].[K+]. The van der Waals surface area contributed by atoms with Gasteiger partial charge in [-0.2, -0.15) is 8.42 Å². The van der Waals surface area contributed by atoms with Gasteiger partial charge in [0.1, 0.15) is 5.75 Å². The normalized spacial score (nSPS) is 11.2. The van der Waals surface area contributed by atoms with E-state index in [-0.39, 0.29) is 58.6 Å². The summed E-state index contributed by atoms with van der Waals surface area (Å²) in [4.78, 5) is 0. The number of hydrogen-bond donors (Lipinski definition) is 0. The van der Waals surface area contributed by atoms with E-state index in [1.165, 1.54) is 83.5 Å². The minimum absolute atomic E-state index is 0. The molecule has 0 bridgehead atoms. The van der Waals surface area contributed by atoms with Crippen molar-refractivity contribution in [1.29, 1.82) is 0 Å². The zero-order chi connectivity index (χ0) is 20.3.